The average molecular weight is 393 g/mol. The second-order valence-electron chi connectivity index (χ2n) is 7.64. The molecule has 0 radical (unpaired) electrons. The smallest absolute Gasteiger partial charge is 0.254 e. The summed E-state index contributed by atoms with van der Waals surface area (Å²) in [5.41, 5.74) is 4.41. The molecular formula is C22H27N5O2. The second kappa shape index (κ2) is 7.83. The van der Waals surface area contributed by atoms with E-state index >= 15 is 0 Å². The van der Waals surface area contributed by atoms with Crippen molar-refractivity contribution >= 4 is 16.9 Å². The van der Waals surface area contributed by atoms with Crippen LogP contribution in [0.1, 0.15) is 27.3 Å². The van der Waals surface area contributed by atoms with Crippen LogP contribution in [0, 0.1) is 13.8 Å². The van der Waals surface area contributed by atoms with E-state index in [0.29, 0.717) is 5.56 Å². The van der Waals surface area contributed by atoms with Gasteiger partial charge in [-0.2, -0.15) is 5.10 Å². The van der Waals surface area contributed by atoms with E-state index in [2.05, 4.69) is 27.1 Å². The molecule has 1 fully saturated rings. The zero-order valence-corrected chi connectivity index (χ0v) is 17.5. The van der Waals surface area contributed by atoms with Crippen molar-refractivity contribution < 1.29 is 9.53 Å². The number of rotatable bonds is 4. The molecular weight excluding hydrogens is 366 g/mol. The first-order valence-electron chi connectivity index (χ1n) is 9.92. The maximum Gasteiger partial charge on any atom is 0.254 e. The summed E-state index contributed by atoms with van der Waals surface area (Å²) in [4.78, 5) is 22.2. The highest BCUT2D eigenvalue weighted by molar-refractivity contribution is 6.06. The molecule has 4 rings (SSSR count). The predicted octanol–water partition coefficient (Wildman–Crippen LogP) is 2.55. The SMILES string of the molecule is COc1ccc(CN2CCN(C(=O)c3cc(C)nc4c3c(C)nn4C)CC2)cc1. The number of benzene rings is 1. The zero-order valence-electron chi connectivity index (χ0n) is 17.5. The second-order valence-corrected chi connectivity index (χ2v) is 7.64. The van der Waals surface area contributed by atoms with Crippen LogP contribution in [0.2, 0.25) is 0 Å². The number of carbonyl (C=O) groups is 1. The molecule has 1 aliphatic heterocycles. The van der Waals surface area contributed by atoms with Crippen molar-refractivity contribution in [1.29, 1.82) is 0 Å². The van der Waals surface area contributed by atoms with Crippen molar-refractivity contribution in [2.75, 3.05) is 33.3 Å². The van der Waals surface area contributed by atoms with Crippen LogP contribution in [0.15, 0.2) is 30.3 Å². The van der Waals surface area contributed by atoms with Gasteiger partial charge in [0.1, 0.15) is 5.75 Å². The molecule has 0 saturated carbocycles. The molecule has 7 heteroatoms. The maximum atomic E-state index is 13.3. The summed E-state index contributed by atoms with van der Waals surface area (Å²) in [6.07, 6.45) is 0. The Labute approximate surface area is 170 Å². The van der Waals surface area contributed by atoms with Gasteiger partial charge in [0.25, 0.3) is 5.91 Å². The third-order valence-electron chi connectivity index (χ3n) is 5.55. The summed E-state index contributed by atoms with van der Waals surface area (Å²) in [6, 6.07) is 10.1. The van der Waals surface area contributed by atoms with Crippen molar-refractivity contribution in [3.63, 3.8) is 0 Å². The van der Waals surface area contributed by atoms with E-state index in [4.69, 9.17) is 4.74 Å². The van der Waals surface area contributed by atoms with Crippen molar-refractivity contribution in [1.82, 2.24) is 24.6 Å². The Balaban J connectivity index is 1.46. The minimum absolute atomic E-state index is 0.0701. The summed E-state index contributed by atoms with van der Waals surface area (Å²) in [7, 11) is 3.55. The van der Waals surface area contributed by atoms with E-state index in [1.807, 2.05) is 44.0 Å². The van der Waals surface area contributed by atoms with Crippen molar-refractivity contribution in [2.24, 2.45) is 7.05 Å². The van der Waals surface area contributed by atoms with Gasteiger partial charge in [0, 0.05) is 45.5 Å². The van der Waals surface area contributed by atoms with Gasteiger partial charge in [-0.25, -0.2) is 4.98 Å². The fourth-order valence-electron chi connectivity index (χ4n) is 4.01. The van der Waals surface area contributed by atoms with Crippen LogP contribution in [0.3, 0.4) is 0 Å². The summed E-state index contributed by atoms with van der Waals surface area (Å²) >= 11 is 0. The van der Waals surface area contributed by atoms with Crippen LogP contribution in [0.4, 0.5) is 0 Å². The van der Waals surface area contributed by atoms with Gasteiger partial charge in [-0.1, -0.05) is 12.1 Å². The molecule has 1 aliphatic rings. The Bertz CT molecular complexity index is 1030. The molecule has 3 heterocycles. The molecule has 2 aromatic heterocycles. The summed E-state index contributed by atoms with van der Waals surface area (Å²) in [5.74, 6) is 0.939. The van der Waals surface area contributed by atoms with Gasteiger partial charge >= 0.3 is 0 Å². The van der Waals surface area contributed by atoms with E-state index in [1.54, 1.807) is 11.8 Å². The number of aromatic nitrogens is 3. The molecule has 0 N–H and O–H groups in total. The topological polar surface area (TPSA) is 63.5 Å². The van der Waals surface area contributed by atoms with E-state index in [9.17, 15) is 4.79 Å². The van der Waals surface area contributed by atoms with Crippen LogP contribution >= 0.6 is 0 Å². The van der Waals surface area contributed by atoms with Gasteiger partial charge in [0.15, 0.2) is 5.65 Å². The molecule has 152 valence electrons. The fourth-order valence-corrected chi connectivity index (χ4v) is 4.01. The van der Waals surface area contributed by atoms with Crippen molar-refractivity contribution in [3.05, 3.63) is 52.8 Å². The quantitative estimate of drug-likeness (QED) is 0.682. The number of ether oxygens (including phenoxy) is 1. The highest BCUT2D eigenvalue weighted by atomic mass is 16.5. The third-order valence-corrected chi connectivity index (χ3v) is 5.55. The largest absolute Gasteiger partial charge is 0.497 e. The van der Waals surface area contributed by atoms with Crippen LogP contribution < -0.4 is 4.74 Å². The summed E-state index contributed by atoms with van der Waals surface area (Å²) < 4.78 is 6.97. The number of methoxy groups -OCH3 is 1. The Morgan fingerprint density at radius 2 is 1.79 bits per heavy atom. The normalized spacial score (nSPS) is 15.1. The standard InChI is InChI=1S/C22H27N5O2/c1-15-13-19(20-16(2)24-25(3)21(20)23-15)22(28)27-11-9-26(10-12-27)14-17-5-7-18(29-4)8-6-17/h5-8,13H,9-12,14H2,1-4H3. The van der Waals surface area contributed by atoms with Crippen molar-refractivity contribution in [3.8, 4) is 5.75 Å². The summed E-state index contributed by atoms with van der Waals surface area (Å²) in [5, 5.41) is 5.32. The number of amides is 1. The third kappa shape index (κ3) is 3.82. The van der Waals surface area contributed by atoms with Crippen LogP contribution in [0.5, 0.6) is 5.75 Å². The molecule has 1 aromatic carbocycles. The molecule has 1 amide bonds. The van der Waals surface area contributed by atoms with Gasteiger partial charge in [-0.05, 0) is 37.6 Å². The van der Waals surface area contributed by atoms with Crippen molar-refractivity contribution in [2.45, 2.75) is 20.4 Å². The number of hydrogen-bond acceptors (Lipinski definition) is 5. The lowest BCUT2D eigenvalue weighted by Gasteiger charge is -2.35. The summed E-state index contributed by atoms with van der Waals surface area (Å²) in [6.45, 7) is 7.89. The first kappa shape index (κ1) is 19.4. The Hall–Kier alpha value is -2.93. The Morgan fingerprint density at radius 3 is 2.45 bits per heavy atom. The number of piperazine rings is 1. The van der Waals surface area contributed by atoms with E-state index in [-0.39, 0.29) is 5.91 Å². The van der Waals surface area contributed by atoms with Gasteiger partial charge in [0.05, 0.1) is 23.8 Å². The van der Waals surface area contributed by atoms with E-state index < -0.39 is 0 Å². The first-order chi connectivity index (χ1) is 14.0. The van der Waals surface area contributed by atoms with E-state index in [1.165, 1.54) is 5.56 Å². The first-order valence-corrected chi connectivity index (χ1v) is 9.92. The van der Waals surface area contributed by atoms with Gasteiger partial charge in [0.2, 0.25) is 0 Å². The minimum atomic E-state index is 0.0701. The number of carbonyl (C=O) groups excluding carboxylic acids is 1. The highest BCUT2D eigenvalue weighted by Crippen LogP contribution is 2.24. The van der Waals surface area contributed by atoms with Gasteiger partial charge in [-0.3, -0.25) is 14.4 Å². The molecule has 1 saturated heterocycles. The zero-order chi connectivity index (χ0) is 20.5. The van der Waals surface area contributed by atoms with Crippen LogP contribution in [0.25, 0.3) is 11.0 Å². The molecule has 29 heavy (non-hydrogen) atoms. The fraction of sp³-hybridized carbons (Fsp3) is 0.409. The number of aryl methyl sites for hydroxylation is 3. The average Bonchev–Trinajstić information content (AvgIpc) is 3.01. The monoisotopic (exact) mass is 393 g/mol. The number of pyridine rings is 1. The van der Waals surface area contributed by atoms with Gasteiger partial charge < -0.3 is 9.64 Å². The molecule has 0 bridgehead atoms. The minimum Gasteiger partial charge on any atom is -0.497 e. The Kier molecular flexibility index (Phi) is 5.24. The van der Waals surface area contributed by atoms with Crippen LogP contribution in [-0.2, 0) is 13.6 Å². The van der Waals surface area contributed by atoms with E-state index in [0.717, 1.165) is 60.9 Å². The highest BCUT2D eigenvalue weighted by Gasteiger charge is 2.25. The van der Waals surface area contributed by atoms with Crippen LogP contribution in [-0.4, -0.2) is 63.8 Å². The number of fused-ring (bicyclic) bond motifs is 1. The lowest BCUT2D eigenvalue weighted by Crippen LogP contribution is -2.48. The maximum absolute atomic E-state index is 13.3. The number of hydrogen-bond donors (Lipinski definition) is 0. The molecule has 0 unspecified atom stereocenters. The lowest BCUT2D eigenvalue weighted by molar-refractivity contribution is 0.0630. The molecule has 0 spiro atoms. The molecule has 0 aliphatic carbocycles. The van der Waals surface area contributed by atoms with Gasteiger partial charge in [-0.15, -0.1) is 0 Å². The molecule has 7 nitrogen and oxygen atoms in total. The molecule has 0 atom stereocenters. The number of nitrogens with zero attached hydrogens (tertiary/aromatic N) is 5. The molecule has 3 aromatic rings. The Morgan fingerprint density at radius 1 is 1.10 bits per heavy atom. The lowest BCUT2D eigenvalue weighted by atomic mass is 10.1. The predicted molar refractivity (Wildman–Crippen MR) is 112 cm³/mol.